The van der Waals surface area contributed by atoms with Gasteiger partial charge in [-0.25, -0.2) is 0 Å². The Morgan fingerprint density at radius 3 is 2.86 bits per heavy atom. The van der Waals surface area contributed by atoms with Crippen molar-refractivity contribution in [3.63, 3.8) is 0 Å². The van der Waals surface area contributed by atoms with Gasteiger partial charge in [0.25, 0.3) is 5.89 Å². The predicted molar refractivity (Wildman–Crippen MR) is 79.8 cm³/mol. The third-order valence-electron chi connectivity index (χ3n) is 3.66. The molecule has 0 amide bonds. The van der Waals surface area contributed by atoms with Gasteiger partial charge >= 0.3 is 0 Å². The molecule has 2 aromatic heterocycles. The first kappa shape index (κ1) is 12.1. The summed E-state index contributed by atoms with van der Waals surface area (Å²) in [6, 6.07) is 9.96. The van der Waals surface area contributed by atoms with E-state index in [4.69, 9.17) is 4.52 Å². The number of hydrogen-bond donors (Lipinski definition) is 1. The number of aromatic nitrogens is 3. The Morgan fingerprint density at radius 2 is 1.95 bits per heavy atom. The molecule has 0 aliphatic carbocycles. The lowest BCUT2D eigenvalue weighted by atomic mass is 10.0. The van der Waals surface area contributed by atoms with E-state index >= 15 is 0 Å². The van der Waals surface area contributed by atoms with Crippen LogP contribution in [-0.4, -0.2) is 21.7 Å². The average molecular weight is 278 g/mol. The van der Waals surface area contributed by atoms with Gasteiger partial charge in [0.1, 0.15) is 0 Å². The van der Waals surface area contributed by atoms with Gasteiger partial charge in [-0.2, -0.15) is 4.98 Å². The third kappa shape index (κ3) is 2.27. The lowest BCUT2D eigenvalue weighted by molar-refractivity contribution is 0.432. The molecule has 5 heteroatoms. The summed E-state index contributed by atoms with van der Waals surface area (Å²) in [5.74, 6) is 1.14. The largest absolute Gasteiger partial charge is 0.385 e. The van der Waals surface area contributed by atoms with Gasteiger partial charge in [0, 0.05) is 35.8 Å². The van der Waals surface area contributed by atoms with E-state index in [-0.39, 0.29) is 0 Å². The maximum atomic E-state index is 5.39. The van der Waals surface area contributed by atoms with Crippen molar-refractivity contribution >= 4 is 5.69 Å². The molecular weight excluding hydrogens is 264 g/mol. The molecule has 21 heavy (non-hydrogen) atoms. The Hall–Kier alpha value is -2.69. The molecule has 4 rings (SSSR count). The van der Waals surface area contributed by atoms with Crippen molar-refractivity contribution in [2.24, 2.45) is 0 Å². The van der Waals surface area contributed by atoms with Crippen molar-refractivity contribution in [3.05, 3.63) is 48.3 Å². The summed E-state index contributed by atoms with van der Waals surface area (Å²) in [5, 5.41) is 7.44. The number of anilines is 1. The van der Waals surface area contributed by atoms with Crippen LogP contribution >= 0.6 is 0 Å². The highest BCUT2D eigenvalue weighted by Gasteiger charge is 2.14. The van der Waals surface area contributed by atoms with E-state index in [1.165, 1.54) is 11.3 Å². The first-order valence-electron chi connectivity index (χ1n) is 7.01. The molecule has 1 N–H and O–H groups in total. The maximum absolute atomic E-state index is 5.39. The lowest BCUT2D eigenvalue weighted by Crippen LogP contribution is -2.11. The van der Waals surface area contributed by atoms with Gasteiger partial charge in [-0.05, 0) is 48.7 Å². The first-order chi connectivity index (χ1) is 10.4. The fourth-order valence-electron chi connectivity index (χ4n) is 2.57. The molecule has 3 aromatic rings. The van der Waals surface area contributed by atoms with Crippen LogP contribution in [0, 0.1) is 0 Å². The minimum atomic E-state index is 0.551. The van der Waals surface area contributed by atoms with E-state index < -0.39 is 0 Å². The molecule has 0 unspecified atom stereocenters. The molecule has 3 heterocycles. The van der Waals surface area contributed by atoms with Gasteiger partial charge in [-0.3, -0.25) is 4.98 Å². The fraction of sp³-hybridized carbons (Fsp3) is 0.188. The summed E-state index contributed by atoms with van der Waals surface area (Å²) in [6.07, 6.45) is 5.68. The zero-order valence-corrected chi connectivity index (χ0v) is 11.4. The highest BCUT2D eigenvalue weighted by atomic mass is 16.5. The highest BCUT2D eigenvalue weighted by molar-refractivity contribution is 5.65. The number of nitrogens with zero attached hydrogens (tertiary/aromatic N) is 3. The number of benzene rings is 1. The van der Waals surface area contributed by atoms with Gasteiger partial charge < -0.3 is 9.84 Å². The van der Waals surface area contributed by atoms with Crippen molar-refractivity contribution in [1.82, 2.24) is 15.1 Å². The van der Waals surface area contributed by atoms with Crippen LogP contribution in [0.2, 0.25) is 0 Å². The van der Waals surface area contributed by atoms with Crippen molar-refractivity contribution in [1.29, 1.82) is 0 Å². The zero-order chi connectivity index (χ0) is 14.1. The molecule has 0 fully saturated rings. The van der Waals surface area contributed by atoms with Crippen molar-refractivity contribution in [2.45, 2.75) is 12.8 Å². The predicted octanol–water partition coefficient (Wildman–Crippen LogP) is 3.16. The van der Waals surface area contributed by atoms with Crippen LogP contribution in [0.25, 0.3) is 22.8 Å². The molecule has 0 saturated carbocycles. The standard InChI is InChI=1S/C16H14N4O/c1-2-12-10-13(3-4-14(12)18-7-1)16-19-15(20-21-16)11-5-8-17-9-6-11/h3-6,8-10,18H,1-2,7H2. The van der Waals surface area contributed by atoms with Crippen LogP contribution < -0.4 is 5.32 Å². The highest BCUT2D eigenvalue weighted by Crippen LogP contribution is 2.28. The molecule has 0 bridgehead atoms. The molecule has 5 nitrogen and oxygen atoms in total. The molecular formula is C16H14N4O. The Morgan fingerprint density at radius 1 is 1.05 bits per heavy atom. The molecule has 104 valence electrons. The molecule has 0 radical (unpaired) electrons. The summed E-state index contributed by atoms with van der Waals surface area (Å²) in [5.41, 5.74) is 4.38. The summed E-state index contributed by atoms with van der Waals surface area (Å²) in [7, 11) is 0. The Kier molecular flexibility index (Phi) is 2.88. The fourth-order valence-corrected chi connectivity index (χ4v) is 2.57. The number of fused-ring (bicyclic) bond motifs is 1. The van der Waals surface area contributed by atoms with Crippen LogP contribution in [0.3, 0.4) is 0 Å². The maximum Gasteiger partial charge on any atom is 0.258 e. The number of pyridine rings is 1. The number of nitrogens with one attached hydrogen (secondary N) is 1. The van der Waals surface area contributed by atoms with Gasteiger partial charge in [-0.15, -0.1) is 0 Å². The molecule has 0 spiro atoms. The first-order valence-corrected chi connectivity index (χ1v) is 7.01. The van der Waals surface area contributed by atoms with E-state index in [9.17, 15) is 0 Å². The zero-order valence-electron chi connectivity index (χ0n) is 11.4. The minimum Gasteiger partial charge on any atom is -0.385 e. The quantitative estimate of drug-likeness (QED) is 0.780. The van der Waals surface area contributed by atoms with E-state index in [1.807, 2.05) is 18.2 Å². The van der Waals surface area contributed by atoms with Gasteiger partial charge in [0.15, 0.2) is 0 Å². The van der Waals surface area contributed by atoms with E-state index in [0.29, 0.717) is 11.7 Å². The van der Waals surface area contributed by atoms with E-state index in [2.05, 4.69) is 32.6 Å². The minimum absolute atomic E-state index is 0.551. The second-order valence-corrected chi connectivity index (χ2v) is 5.06. The molecule has 1 aliphatic heterocycles. The topological polar surface area (TPSA) is 63.8 Å². The second-order valence-electron chi connectivity index (χ2n) is 5.06. The van der Waals surface area contributed by atoms with Crippen LogP contribution in [0.15, 0.2) is 47.2 Å². The lowest BCUT2D eigenvalue weighted by Gasteiger charge is -2.17. The molecule has 0 saturated heterocycles. The van der Waals surface area contributed by atoms with Gasteiger partial charge in [0.05, 0.1) is 0 Å². The Bertz CT molecular complexity index is 767. The van der Waals surface area contributed by atoms with Crippen LogP contribution in [0.1, 0.15) is 12.0 Å². The van der Waals surface area contributed by atoms with Crippen molar-refractivity contribution in [2.75, 3.05) is 11.9 Å². The molecule has 1 aliphatic rings. The van der Waals surface area contributed by atoms with Crippen LogP contribution in [0.4, 0.5) is 5.69 Å². The average Bonchev–Trinajstić information content (AvgIpc) is 3.05. The SMILES string of the molecule is c1cc(-c2noc(-c3ccc4c(c3)CCCN4)n2)ccn1. The monoisotopic (exact) mass is 278 g/mol. The Balaban J connectivity index is 1.70. The van der Waals surface area contributed by atoms with Crippen LogP contribution in [0.5, 0.6) is 0 Å². The summed E-state index contributed by atoms with van der Waals surface area (Å²) in [6.45, 7) is 1.04. The summed E-state index contributed by atoms with van der Waals surface area (Å²) in [4.78, 5) is 8.46. The Labute approximate surface area is 122 Å². The van der Waals surface area contributed by atoms with Crippen LogP contribution in [-0.2, 0) is 6.42 Å². The second kappa shape index (κ2) is 5.01. The van der Waals surface area contributed by atoms with Crippen molar-refractivity contribution in [3.8, 4) is 22.8 Å². The smallest absolute Gasteiger partial charge is 0.258 e. The number of rotatable bonds is 2. The molecule has 0 atom stereocenters. The van der Waals surface area contributed by atoms with Gasteiger partial charge in [-0.1, -0.05) is 5.16 Å². The normalized spacial score (nSPS) is 13.5. The number of aryl methyl sites for hydroxylation is 1. The summed E-state index contributed by atoms with van der Waals surface area (Å²) >= 11 is 0. The molecule has 1 aromatic carbocycles. The van der Waals surface area contributed by atoms with Gasteiger partial charge in [0.2, 0.25) is 5.82 Å². The number of hydrogen-bond acceptors (Lipinski definition) is 5. The van der Waals surface area contributed by atoms with E-state index in [0.717, 1.165) is 30.5 Å². The van der Waals surface area contributed by atoms with Crippen molar-refractivity contribution < 1.29 is 4.52 Å². The summed E-state index contributed by atoms with van der Waals surface area (Å²) < 4.78 is 5.39. The third-order valence-corrected chi connectivity index (χ3v) is 3.66. The van der Waals surface area contributed by atoms with E-state index in [1.54, 1.807) is 12.4 Å².